The Labute approximate surface area is 208 Å². The Bertz CT molecular complexity index is 1420. The van der Waals surface area contributed by atoms with Gasteiger partial charge in [0.2, 0.25) is 0 Å². The van der Waals surface area contributed by atoms with Gasteiger partial charge >= 0.3 is 6.18 Å². The molecule has 35 heavy (non-hydrogen) atoms. The smallest absolute Gasteiger partial charge is 0.417 e. The predicted molar refractivity (Wildman–Crippen MR) is 125 cm³/mol. The lowest BCUT2D eigenvalue weighted by atomic mass is 10.1. The van der Waals surface area contributed by atoms with Crippen LogP contribution in [0.2, 0.25) is 10.0 Å². The number of rotatable bonds is 4. The van der Waals surface area contributed by atoms with Crippen LogP contribution >= 0.6 is 23.2 Å². The lowest BCUT2D eigenvalue weighted by Gasteiger charge is -2.35. The van der Waals surface area contributed by atoms with Crippen LogP contribution in [0.3, 0.4) is 0 Å². The molecule has 1 amide bonds. The molecule has 1 unspecified atom stereocenters. The van der Waals surface area contributed by atoms with E-state index in [0.29, 0.717) is 17.5 Å². The average Bonchev–Trinajstić information content (AvgIpc) is 2.77. The van der Waals surface area contributed by atoms with Crippen molar-refractivity contribution in [1.29, 1.82) is 0 Å². The first-order valence-corrected chi connectivity index (χ1v) is 12.2. The van der Waals surface area contributed by atoms with Crippen molar-refractivity contribution in [3.63, 3.8) is 0 Å². The number of nitrogens with one attached hydrogen (secondary N) is 1. The number of nitrogens with zero attached hydrogens (tertiary/aromatic N) is 2. The number of aromatic nitrogens is 1. The molecule has 1 atom stereocenters. The van der Waals surface area contributed by atoms with Gasteiger partial charge in [0, 0.05) is 6.20 Å². The molecule has 0 saturated heterocycles. The topological polar surface area (TPSA) is 88.6 Å². The van der Waals surface area contributed by atoms with Crippen LogP contribution in [0.15, 0.2) is 59.6 Å². The molecule has 184 valence electrons. The zero-order valence-electron chi connectivity index (χ0n) is 17.8. The number of carbonyl (C=O) groups is 1. The molecule has 0 spiro atoms. The van der Waals surface area contributed by atoms with Crippen LogP contribution in [0.25, 0.3) is 0 Å². The van der Waals surface area contributed by atoms with E-state index < -0.39 is 43.6 Å². The minimum atomic E-state index is -4.87. The molecule has 1 N–H and O–H groups in total. The lowest BCUT2D eigenvalue weighted by molar-refractivity contribution is -0.137. The minimum Gasteiger partial charge on any atom is -0.489 e. The van der Waals surface area contributed by atoms with Gasteiger partial charge in [0.25, 0.3) is 15.9 Å². The Hall–Kier alpha value is -3.02. The maximum Gasteiger partial charge on any atom is 0.417 e. The third kappa shape index (κ3) is 4.89. The number of fused-ring (bicyclic) bond motifs is 1. The summed E-state index contributed by atoms with van der Waals surface area (Å²) < 4.78 is 73.6. The van der Waals surface area contributed by atoms with E-state index in [1.165, 1.54) is 4.90 Å². The van der Waals surface area contributed by atoms with E-state index in [4.69, 9.17) is 27.9 Å². The zero-order valence-corrected chi connectivity index (χ0v) is 20.1. The van der Waals surface area contributed by atoms with E-state index in [1.807, 2.05) is 0 Å². The Kier molecular flexibility index (Phi) is 6.60. The van der Waals surface area contributed by atoms with Crippen LogP contribution in [0, 0.1) is 0 Å². The molecule has 1 aromatic heterocycles. The molecule has 3 aromatic rings. The second-order valence-electron chi connectivity index (χ2n) is 7.57. The van der Waals surface area contributed by atoms with Gasteiger partial charge in [-0.05, 0) is 37.3 Å². The van der Waals surface area contributed by atoms with Gasteiger partial charge < -0.3 is 4.74 Å². The molecule has 0 saturated carbocycles. The highest BCUT2D eigenvalue weighted by atomic mass is 35.5. The van der Waals surface area contributed by atoms with E-state index in [-0.39, 0.29) is 23.0 Å². The van der Waals surface area contributed by atoms with Gasteiger partial charge in [0.1, 0.15) is 17.3 Å². The molecule has 0 aliphatic carbocycles. The van der Waals surface area contributed by atoms with E-state index in [1.54, 1.807) is 31.2 Å². The molecule has 0 radical (unpaired) electrons. The molecule has 4 rings (SSSR count). The number of hydrogen-bond donors (Lipinski definition) is 1. The summed E-state index contributed by atoms with van der Waals surface area (Å²) in [6, 6.07) is 9.97. The first kappa shape index (κ1) is 25.1. The molecular weight excluding hydrogens is 530 g/mol. The second kappa shape index (κ2) is 9.21. The molecule has 2 heterocycles. The third-order valence-electron chi connectivity index (χ3n) is 5.12. The number of pyridine rings is 1. The predicted octanol–water partition coefficient (Wildman–Crippen LogP) is 5.64. The highest BCUT2D eigenvalue weighted by molar-refractivity contribution is 7.92. The fourth-order valence-electron chi connectivity index (χ4n) is 3.55. The summed E-state index contributed by atoms with van der Waals surface area (Å²) in [5.74, 6) is -0.219. The van der Waals surface area contributed by atoms with Gasteiger partial charge in [0.15, 0.2) is 5.69 Å². The zero-order chi connectivity index (χ0) is 25.5. The van der Waals surface area contributed by atoms with Crippen molar-refractivity contribution in [2.75, 3.05) is 16.2 Å². The first-order valence-electron chi connectivity index (χ1n) is 9.99. The molecule has 0 fully saturated rings. The molecule has 1 aliphatic heterocycles. The maximum atomic E-state index is 13.5. The van der Waals surface area contributed by atoms with Crippen LogP contribution in [0.1, 0.15) is 23.0 Å². The average molecular weight is 546 g/mol. The molecule has 0 bridgehead atoms. The normalized spacial score (nSPS) is 15.8. The largest absolute Gasteiger partial charge is 0.489 e. The van der Waals surface area contributed by atoms with Crippen LogP contribution in [-0.4, -0.2) is 32.0 Å². The van der Waals surface area contributed by atoms with Gasteiger partial charge in [0.05, 0.1) is 33.0 Å². The molecular formula is C22H16Cl2F3N3O4S. The summed E-state index contributed by atoms with van der Waals surface area (Å²) in [6.07, 6.45) is -3.72. The Morgan fingerprint density at radius 3 is 2.60 bits per heavy atom. The Morgan fingerprint density at radius 1 is 1.17 bits per heavy atom. The second-order valence-corrected chi connectivity index (χ2v) is 10.0. The molecule has 2 aromatic carbocycles. The Morgan fingerprint density at radius 2 is 1.89 bits per heavy atom. The van der Waals surface area contributed by atoms with E-state index in [0.717, 1.165) is 24.4 Å². The number of halogens is 5. The van der Waals surface area contributed by atoms with E-state index >= 15 is 0 Å². The fraction of sp³-hybridized carbons (Fsp3) is 0.182. The highest BCUT2D eigenvalue weighted by Gasteiger charge is 2.37. The number of amides is 1. The lowest BCUT2D eigenvalue weighted by Crippen LogP contribution is -2.45. The number of anilines is 2. The maximum absolute atomic E-state index is 13.5. The van der Waals surface area contributed by atoms with Crippen molar-refractivity contribution in [3.8, 4) is 5.75 Å². The first-order chi connectivity index (χ1) is 16.4. The number of carbonyl (C=O) groups excluding carboxylic acids is 1. The number of hydrogen-bond acceptors (Lipinski definition) is 5. The number of sulfonamides is 1. The summed E-state index contributed by atoms with van der Waals surface area (Å²) in [6.45, 7) is 1.91. The minimum absolute atomic E-state index is 0.00943. The number of para-hydroxylation sites is 2. The Balaban J connectivity index is 1.77. The summed E-state index contributed by atoms with van der Waals surface area (Å²) in [7, 11) is -4.68. The molecule has 7 nitrogen and oxygen atoms in total. The number of ether oxygens (including phenoxy) is 1. The number of alkyl halides is 3. The van der Waals surface area contributed by atoms with Crippen LogP contribution in [0.4, 0.5) is 24.5 Å². The van der Waals surface area contributed by atoms with Crippen molar-refractivity contribution in [3.05, 3.63) is 76.0 Å². The monoisotopic (exact) mass is 545 g/mol. The van der Waals surface area contributed by atoms with Crippen LogP contribution in [-0.2, 0) is 16.2 Å². The van der Waals surface area contributed by atoms with Crippen LogP contribution < -0.4 is 14.4 Å². The summed E-state index contributed by atoms with van der Waals surface area (Å²) in [5.41, 5.74) is -1.51. The van der Waals surface area contributed by atoms with Crippen molar-refractivity contribution in [2.24, 2.45) is 0 Å². The van der Waals surface area contributed by atoms with Gasteiger partial charge in [-0.1, -0.05) is 41.4 Å². The summed E-state index contributed by atoms with van der Waals surface area (Å²) >= 11 is 11.8. The van der Waals surface area contributed by atoms with Crippen molar-refractivity contribution in [1.82, 2.24) is 4.98 Å². The third-order valence-corrected chi connectivity index (χ3v) is 7.26. The van der Waals surface area contributed by atoms with E-state index in [9.17, 15) is 26.4 Å². The van der Waals surface area contributed by atoms with Gasteiger partial charge in [-0.15, -0.1) is 0 Å². The molecule has 1 aliphatic rings. The summed E-state index contributed by atoms with van der Waals surface area (Å²) in [5, 5.41) is -1.02. The van der Waals surface area contributed by atoms with Gasteiger partial charge in [-0.25, -0.2) is 13.4 Å². The van der Waals surface area contributed by atoms with E-state index in [2.05, 4.69) is 9.71 Å². The standard InChI is InChI=1S/C22H16Cl2F3N3O4S/c1-12-11-34-17-7-3-2-6-16(17)30(12)21(31)20-15(9-13(23)10-28-20)29-35(32,33)18-8-4-5-14(19(18)24)22(25,26)27/h2-10,12,29H,11H2,1H3. The van der Waals surface area contributed by atoms with Crippen molar-refractivity contribution < 1.29 is 31.1 Å². The van der Waals surface area contributed by atoms with Gasteiger partial charge in [-0.2, -0.15) is 13.2 Å². The molecule has 13 heteroatoms. The highest BCUT2D eigenvalue weighted by Crippen LogP contribution is 2.39. The SMILES string of the molecule is CC1COc2ccccc2N1C(=O)c1ncc(Cl)cc1NS(=O)(=O)c1cccc(C(F)(F)F)c1Cl. The van der Waals surface area contributed by atoms with Gasteiger partial charge in [-0.3, -0.25) is 14.4 Å². The van der Waals surface area contributed by atoms with Crippen molar-refractivity contribution in [2.45, 2.75) is 24.0 Å². The number of benzene rings is 2. The summed E-state index contributed by atoms with van der Waals surface area (Å²) in [4.78, 5) is 18.1. The van der Waals surface area contributed by atoms with Crippen LogP contribution in [0.5, 0.6) is 5.75 Å². The fourth-order valence-corrected chi connectivity index (χ4v) is 5.40. The van der Waals surface area contributed by atoms with Crippen molar-refractivity contribution >= 4 is 50.5 Å². The quantitative estimate of drug-likeness (QED) is 0.458.